The van der Waals surface area contributed by atoms with E-state index in [-0.39, 0.29) is 22.4 Å². The number of carbonyl (C=O) groups is 1. The Kier molecular flexibility index (Phi) is 7.02. The highest BCUT2D eigenvalue weighted by Crippen LogP contribution is 2.46. The van der Waals surface area contributed by atoms with Gasteiger partial charge in [-0.3, -0.25) is 4.79 Å². The molecule has 0 aliphatic carbocycles. The van der Waals surface area contributed by atoms with Crippen molar-refractivity contribution in [2.75, 3.05) is 19.0 Å². The summed E-state index contributed by atoms with van der Waals surface area (Å²) >= 11 is 0. The van der Waals surface area contributed by atoms with Crippen LogP contribution in [-0.2, 0) is 10.8 Å². The van der Waals surface area contributed by atoms with Crippen molar-refractivity contribution in [3.8, 4) is 11.5 Å². The topological polar surface area (TPSA) is 58.6 Å². The van der Waals surface area contributed by atoms with Crippen LogP contribution >= 0.6 is 0 Å². The monoisotopic (exact) mass is 409 g/mol. The molecule has 0 heterocycles. The smallest absolute Gasteiger partial charge is 0.185 e. The fourth-order valence-corrected chi connectivity index (χ4v) is 3.43. The molecule has 30 heavy (non-hydrogen) atoms. The van der Waals surface area contributed by atoms with E-state index >= 15 is 0 Å². The van der Waals surface area contributed by atoms with Crippen molar-refractivity contribution < 1.29 is 14.6 Å². The van der Waals surface area contributed by atoms with Gasteiger partial charge < -0.3 is 15.2 Å². The number of benzene rings is 2. The second-order valence-electron chi connectivity index (χ2n) is 9.52. The highest BCUT2D eigenvalue weighted by Gasteiger charge is 2.31. The average molecular weight is 410 g/mol. The average Bonchev–Trinajstić information content (AvgIpc) is 2.65. The van der Waals surface area contributed by atoms with E-state index in [0.717, 1.165) is 22.4 Å². The van der Waals surface area contributed by atoms with E-state index in [4.69, 9.17) is 4.74 Å². The van der Waals surface area contributed by atoms with E-state index in [1.165, 1.54) is 0 Å². The Bertz CT molecular complexity index is 927. The van der Waals surface area contributed by atoms with E-state index < -0.39 is 0 Å². The Hall–Kier alpha value is -2.75. The summed E-state index contributed by atoms with van der Waals surface area (Å²) in [4.78, 5) is 12.7. The molecule has 0 aromatic heterocycles. The third-order valence-corrected chi connectivity index (χ3v) is 5.00. The van der Waals surface area contributed by atoms with Gasteiger partial charge in [-0.15, -0.1) is 0 Å². The van der Waals surface area contributed by atoms with Gasteiger partial charge in [-0.1, -0.05) is 41.5 Å². The van der Waals surface area contributed by atoms with Crippen LogP contribution in [0.25, 0.3) is 6.08 Å². The molecule has 0 atom stereocenters. The molecule has 0 saturated heterocycles. The third-order valence-electron chi connectivity index (χ3n) is 5.00. The number of hydrogen-bond acceptors (Lipinski definition) is 4. The van der Waals surface area contributed by atoms with Crippen molar-refractivity contribution in [1.29, 1.82) is 0 Å². The highest BCUT2D eigenvalue weighted by atomic mass is 16.5. The minimum atomic E-state index is -0.328. The molecule has 0 unspecified atom stereocenters. The number of ketones is 1. The quantitative estimate of drug-likeness (QED) is 0.433. The standard InChI is InChI=1S/C26H35NO3/c1-9-30-24-18(12-15-21(28)17-10-13-19(27-8)14-11-17)16-20(25(2,3)4)23(29)22(24)26(5,6)7/h10-16,27,29H,9H2,1-8H3. The number of phenolic OH excluding ortho intramolecular Hbond substituents is 1. The fourth-order valence-electron chi connectivity index (χ4n) is 3.43. The third kappa shape index (κ3) is 5.24. The number of rotatable bonds is 6. The SMILES string of the molecule is CCOc1c(C=CC(=O)c2ccc(NC)cc2)cc(C(C)(C)C)c(O)c1C(C)(C)C. The molecule has 0 spiro atoms. The van der Waals surface area contributed by atoms with Gasteiger partial charge in [-0.25, -0.2) is 0 Å². The number of anilines is 1. The van der Waals surface area contributed by atoms with Gasteiger partial charge in [0.1, 0.15) is 11.5 Å². The lowest BCUT2D eigenvalue weighted by molar-refractivity contribution is 0.104. The zero-order valence-corrected chi connectivity index (χ0v) is 19.5. The summed E-state index contributed by atoms with van der Waals surface area (Å²) in [6.45, 7) is 14.8. The summed E-state index contributed by atoms with van der Waals surface area (Å²) in [5.41, 5.74) is 3.38. The lowest BCUT2D eigenvalue weighted by Crippen LogP contribution is -2.19. The summed E-state index contributed by atoms with van der Waals surface area (Å²) in [5.74, 6) is 0.817. The summed E-state index contributed by atoms with van der Waals surface area (Å²) < 4.78 is 5.98. The van der Waals surface area contributed by atoms with Crippen molar-refractivity contribution >= 4 is 17.5 Å². The van der Waals surface area contributed by atoms with Crippen molar-refractivity contribution in [2.45, 2.75) is 59.3 Å². The second-order valence-corrected chi connectivity index (χ2v) is 9.52. The number of aromatic hydroxyl groups is 1. The first kappa shape index (κ1) is 23.5. The van der Waals surface area contributed by atoms with Crippen LogP contribution in [0.4, 0.5) is 5.69 Å². The predicted molar refractivity (Wildman–Crippen MR) is 126 cm³/mol. The Morgan fingerprint density at radius 1 is 1.07 bits per heavy atom. The van der Waals surface area contributed by atoms with Crippen LogP contribution in [0.5, 0.6) is 11.5 Å². The molecule has 0 fully saturated rings. The van der Waals surface area contributed by atoms with Crippen LogP contribution in [0, 0.1) is 0 Å². The highest BCUT2D eigenvalue weighted by molar-refractivity contribution is 6.07. The fraction of sp³-hybridized carbons (Fsp3) is 0.423. The molecule has 0 bridgehead atoms. The zero-order chi connectivity index (χ0) is 22.7. The molecule has 2 rings (SSSR count). The van der Waals surface area contributed by atoms with E-state index in [2.05, 4.69) is 46.9 Å². The normalized spacial score (nSPS) is 12.3. The van der Waals surface area contributed by atoms with E-state index in [1.807, 2.05) is 32.2 Å². The van der Waals surface area contributed by atoms with Gasteiger partial charge in [0.15, 0.2) is 5.78 Å². The number of nitrogens with one attached hydrogen (secondary N) is 1. The first-order chi connectivity index (χ1) is 13.9. The van der Waals surface area contributed by atoms with Gasteiger partial charge in [0.2, 0.25) is 0 Å². The van der Waals surface area contributed by atoms with Gasteiger partial charge >= 0.3 is 0 Å². The number of carbonyl (C=O) groups excluding carboxylic acids is 1. The second kappa shape index (κ2) is 8.95. The maximum Gasteiger partial charge on any atom is 0.185 e. The number of allylic oxidation sites excluding steroid dienone is 1. The Morgan fingerprint density at radius 3 is 2.13 bits per heavy atom. The molecule has 4 heteroatoms. The molecule has 0 aliphatic rings. The van der Waals surface area contributed by atoms with Crippen LogP contribution in [0.15, 0.2) is 36.4 Å². The van der Waals surface area contributed by atoms with Crippen LogP contribution in [0.1, 0.15) is 75.5 Å². The van der Waals surface area contributed by atoms with E-state index in [0.29, 0.717) is 17.9 Å². The van der Waals surface area contributed by atoms with Crippen molar-refractivity contribution in [2.24, 2.45) is 0 Å². The van der Waals surface area contributed by atoms with Crippen LogP contribution in [0.3, 0.4) is 0 Å². The molecule has 2 aromatic rings. The van der Waals surface area contributed by atoms with Gasteiger partial charge in [-0.2, -0.15) is 0 Å². The van der Waals surface area contributed by atoms with Gasteiger partial charge in [-0.05, 0) is 60.2 Å². The van der Waals surface area contributed by atoms with Gasteiger partial charge in [0.25, 0.3) is 0 Å². The Balaban J connectivity index is 2.61. The molecule has 162 valence electrons. The number of ether oxygens (including phenoxy) is 1. The molecule has 2 aromatic carbocycles. The summed E-state index contributed by atoms with van der Waals surface area (Å²) in [6, 6.07) is 9.30. The predicted octanol–water partition coefficient (Wildman–Crippen LogP) is 6.32. The number of phenols is 1. The van der Waals surface area contributed by atoms with Crippen molar-refractivity contribution in [3.63, 3.8) is 0 Å². The lowest BCUT2D eigenvalue weighted by atomic mass is 9.77. The van der Waals surface area contributed by atoms with Crippen LogP contribution in [0.2, 0.25) is 0 Å². The Morgan fingerprint density at radius 2 is 1.67 bits per heavy atom. The number of hydrogen-bond donors (Lipinski definition) is 2. The summed E-state index contributed by atoms with van der Waals surface area (Å²) in [6.07, 6.45) is 3.37. The van der Waals surface area contributed by atoms with Crippen LogP contribution in [-0.4, -0.2) is 24.5 Å². The molecule has 0 saturated carbocycles. The molecule has 2 N–H and O–H groups in total. The maximum absolute atomic E-state index is 12.7. The molecule has 4 nitrogen and oxygen atoms in total. The van der Waals surface area contributed by atoms with Crippen molar-refractivity contribution in [3.05, 3.63) is 58.7 Å². The molecule has 0 amide bonds. The zero-order valence-electron chi connectivity index (χ0n) is 19.5. The van der Waals surface area contributed by atoms with Crippen molar-refractivity contribution in [1.82, 2.24) is 0 Å². The van der Waals surface area contributed by atoms with E-state index in [9.17, 15) is 9.90 Å². The maximum atomic E-state index is 12.7. The summed E-state index contributed by atoms with van der Waals surface area (Å²) in [5, 5.41) is 14.2. The largest absolute Gasteiger partial charge is 0.507 e. The first-order valence-electron chi connectivity index (χ1n) is 10.4. The minimum absolute atomic E-state index is 0.0807. The molecular formula is C26H35NO3. The van der Waals surface area contributed by atoms with E-state index in [1.54, 1.807) is 24.3 Å². The lowest BCUT2D eigenvalue weighted by Gasteiger charge is -2.30. The van der Waals surface area contributed by atoms with Crippen LogP contribution < -0.4 is 10.1 Å². The van der Waals surface area contributed by atoms with Gasteiger partial charge in [0, 0.05) is 35.0 Å². The molecular weight excluding hydrogens is 374 g/mol. The Labute approximate surface area is 181 Å². The van der Waals surface area contributed by atoms with Gasteiger partial charge in [0.05, 0.1) is 6.61 Å². The minimum Gasteiger partial charge on any atom is -0.507 e. The summed E-state index contributed by atoms with van der Waals surface area (Å²) in [7, 11) is 1.84. The molecule has 0 radical (unpaired) electrons. The molecule has 0 aliphatic heterocycles. The first-order valence-corrected chi connectivity index (χ1v) is 10.4.